The Kier molecular flexibility index (Phi) is 6.25. The molecule has 0 aliphatic carbocycles. The van der Waals surface area contributed by atoms with Crippen LogP contribution in [-0.2, 0) is 11.2 Å². The van der Waals surface area contributed by atoms with Crippen molar-refractivity contribution >= 4 is 17.7 Å². The summed E-state index contributed by atoms with van der Waals surface area (Å²) in [5.41, 5.74) is 3.32. The zero-order valence-electron chi connectivity index (χ0n) is 17.8. The Morgan fingerprint density at radius 1 is 1.29 bits per heavy atom. The number of carbonyl (C=O) groups is 1. The number of carbonyl (C=O) groups excluding carboxylic acids is 1. The summed E-state index contributed by atoms with van der Waals surface area (Å²) in [6, 6.07) is 15.2. The lowest BCUT2D eigenvalue weighted by atomic mass is 10.0. The third kappa shape index (κ3) is 4.29. The van der Waals surface area contributed by atoms with Crippen LogP contribution in [-0.4, -0.2) is 35.2 Å². The predicted molar refractivity (Wildman–Crippen MR) is 122 cm³/mol. The Morgan fingerprint density at radius 3 is 2.81 bits per heavy atom. The molecule has 1 amide bonds. The molecule has 0 bridgehead atoms. The van der Waals surface area contributed by atoms with E-state index in [9.17, 15) is 9.59 Å². The van der Waals surface area contributed by atoms with Crippen molar-refractivity contribution in [1.29, 1.82) is 0 Å². The maximum absolute atomic E-state index is 13.2. The highest BCUT2D eigenvalue weighted by molar-refractivity contribution is 7.99. The molecule has 4 rings (SSSR count). The van der Waals surface area contributed by atoms with Crippen LogP contribution < -0.4 is 10.7 Å². The van der Waals surface area contributed by atoms with Crippen molar-refractivity contribution in [2.45, 2.75) is 36.5 Å². The number of hydrogen-bond acceptors (Lipinski definition) is 5. The molecule has 0 spiro atoms. The van der Waals surface area contributed by atoms with E-state index in [1.807, 2.05) is 54.8 Å². The smallest absolute Gasteiger partial charge is 0.257 e. The summed E-state index contributed by atoms with van der Waals surface area (Å²) in [5.74, 6) is -0.373. The number of thioether (sulfide) groups is 1. The number of nitrogens with zero attached hydrogens (tertiary/aromatic N) is 2. The molecule has 0 unspecified atom stereocenters. The first kappa shape index (κ1) is 21.3. The van der Waals surface area contributed by atoms with Crippen LogP contribution in [0.4, 0.5) is 0 Å². The number of methoxy groups -OCH3 is 1. The van der Waals surface area contributed by atoms with Crippen molar-refractivity contribution in [3.63, 3.8) is 0 Å². The van der Waals surface area contributed by atoms with E-state index in [2.05, 4.69) is 16.4 Å². The number of aromatic nitrogens is 2. The fourth-order valence-corrected chi connectivity index (χ4v) is 5.24. The number of ether oxygens (including phenoxy) is 1. The molecule has 1 aliphatic heterocycles. The summed E-state index contributed by atoms with van der Waals surface area (Å²) < 4.78 is 7.18. The summed E-state index contributed by atoms with van der Waals surface area (Å²) in [6.45, 7) is 4.13. The maximum Gasteiger partial charge on any atom is 0.257 e. The van der Waals surface area contributed by atoms with Gasteiger partial charge in [0, 0.05) is 48.1 Å². The van der Waals surface area contributed by atoms with Crippen molar-refractivity contribution in [1.82, 2.24) is 14.9 Å². The summed E-state index contributed by atoms with van der Waals surface area (Å²) in [6.07, 6.45) is 2.28. The molecule has 1 aliphatic rings. The molecule has 7 heteroatoms. The van der Waals surface area contributed by atoms with Gasteiger partial charge in [0.05, 0.1) is 23.2 Å². The van der Waals surface area contributed by atoms with Crippen LogP contribution in [0.3, 0.4) is 0 Å². The Hall–Kier alpha value is -2.90. The lowest BCUT2D eigenvalue weighted by Crippen LogP contribution is -2.39. The SMILES string of the molecule is COC[C@H](C)NC(=O)c1c2n(c(C)cc1=O)-c1ccccc1S[C@H](c1ccccn1)C2. The molecule has 6 nitrogen and oxygen atoms in total. The average Bonchev–Trinajstić information content (AvgIpc) is 2.91. The maximum atomic E-state index is 13.2. The molecule has 3 heterocycles. The minimum Gasteiger partial charge on any atom is -0.383 e. The highest BCUT2D eigenvalue weighted by Crippen LogP contribution is 2.43. The molecule has 0 fully saturated rings. The number of fused-ring (bicyclic) bond motifs is 3. The van der Waals surface area contributed by atoms with Crippen LogP contribution in [0.25, 0.3) is 5.69 Å². The number of benzene rings is 1. The monoisotopic (exact) mass is 435 g/mol. The minimum absolute atomic E-state index is 0.0275. The molecule has 0 saturated heterocycles. The van der Waals surface area contributed by atoms with Gasteiger partial charge in [0.1, 0.15) is 5.56 Å². The van der Waals surface area contributed by atoms with Crippen LogP contribution in [0, 0.1) is 6.92 Å². The first-order valence-electron chi connectivity index (χ1n) is 10.2. The van der Waals surface area contributed by atoms with Crippen LogP contribution in [0.5, 0.6) is 0 Å². The third-order valence-electron chi connectivity index (χ3n) is 5.29. The van der Waals surface area contributed by atoms with Crippen molar-refractivity contribution < 1.29 is 9.53 Å². The lowest BCUT2D eigenvalue weighted by Gasteiger charge is -2.21. The molecule has 1 N–H and O–H groups in total. The molecule has 0 saturated carbocycles. The van der Waals surface area contributed by atoms with Gasteiger partial charge >= 0.3 is 0 Å². The standard InChI is InChI=1S/C24H25N3O3S/c1-15(14-30-3)26-24(29)23-19-13-22(17-8-6-7-11-25-17)31-21-10-5-4-9-18(21)27(19)16(2)12-20(23)28/h4-12,15,22H,13-14H2,1-3H3,(H,26,29)/t15-,22-/m0/s1. The summed E-state index contributed by atoms with van der Waals surface area (Å²) in [7, 11) is 1.58. The van der Waals surface area contributed by atoms with Gasteiger partial charge in [-0.15, -0.1) is 11.8 Å². The minimum atomic E-state index is -0.373. The van der Waals surface area contributed by atoms with Gasteiger partial charge in [-0.05, 0) is 38.1 Å². The molecule has 1 aromatic carbocycles. The number of aryl methyl sites for hydroxylation is 1. The van der Waals surface area contributed by atoms with Crippen LogP contribution >= 0.6 is 11.8 Å². The van der Waals surface area contributed by atoms with Crippen molar-refractivity contribution in [2.24, 2.45) is 0 Å². The van der Waals surface area contributed by atoms with Crippen LogP contribution in [0.1, 0.15) is 39.6 Å². The average molecular weight is 436 g/mol. The number of nitrogens with one attached hydrogen (secondary N) is 1. The second kappa shape index (κ2) is 9.08. The molecule has 3 aromatic rings. The molecule has 2 aromatic heterocycles. The van der Waals surface area contributed by atoms with Crippen LogP contribution in [0.15, 0.2) is 64.4 Å². The highest BCUT2D eigenvalue weighted by Gasteiger charge is 2.29. The van der Waals surface area contributed by atoms with E-state index in [1.165, 1.54) is 0 Å². The van der Waals surface area contributed by atoms with Gasteiger partial charge in [-0.3, -0.25) is 14.6 Å². The van der Waals surface area contributed by atoms with Gasteiger partial charge in [0.15, 0.2) is 5.43 Å². The summed E-state index contributed by atoms with van der Waals surface area (Å²) in [4.78, 5) is 31.9. The van der Waals surface area contributed by atoms with E-state index in [4.69, 9.17) is 4.74 Å². The Bertz CT molecular complexity index is 1160. The largest absolute Gasteiger partial charge is 0.383 e. The van der Waals surface area contributed by atoms with Crippen LogP contribution in [0.2, 0.25) is 0 Å². The number of para-hydroxylation sites is 1. The first-order chi connectivity index (χ1) is 15.0. The highest BCUT2D eigenvalue weighted by atomic mass is 32.2. The number of rotatable bonds is 5. The first-order valence-corrected chi connectivity index (χ1v) is 11.1. The Labute approximate surface area is 185 Å². The second-order valence-corrected chi connectivity index (χ2v) is 8.91. The van der Waals surface area contributed by atoms with E-state index >= 15 is 0 Å². The summed E-state index contributed by atoms with van der Waals surface area (Å²) >= 11 is 1.71. The van der Waals surface area contributed by atoms with Crippen molar-refractivity contribution in [3.05, 3.63) is 87.6 Å². The van der Waals surface area contributed by atoms with Gasteiger partial charge < -0.3 is 14.6 Å². The number of hydrogen-bond donors (Lipinski definition) is 1. The van der Waals surface area contributed by atoms with Gasteiger partial charge in [0.2, 0.25) is 0 Å². The van der Waals surface area contributed by atoms with E-state index in [0.717, 1.165) is 22.0 Å². The van der Waals surface area contributed by atoms with E-state index < -0.39 is 0 Å². The van der Waals surface area contributed by atoms with E-state index in [-0.39, 0.29) is 28.2 Å². The predicted octanol–water partition coefficient (Wildman–Crippen LogP) is 3.70. The van der Waals surface area contributed by atoms with E-state index in [0.29, 0.717) is 18.7 Å². The van der Waals surface area contributed by atoms with Crippen molar-refractivity contribution in [2.75, 3.05) is 13.7 Å². The van der Waals surface area contributed by atoms with Gasteiger partial charge in [-0.1, -0.05) is 18.2 Å². The lowest BCUT2D eigenvalue weighted by molar-refractivity contribution is 0.0902. The molecule has 2 atom stereocenters. The van der Waals surface area contributed by atoms with Gasteiger partial charge in [-0.2, -0.15) is 0 Å². The fourth-order valence-electron chi connectivity index (χ4n) is 4.00. The molecule has 31 heavy (non-hydrogen) atoms. The second-order valence-electron chi connectivity index (χ2n) is 7.67. The number of pyridine rings is 2. The molecule has 160 valence electrons. The Morgan fingerprint density at radius 2 is 2.06 bits per heavy atom. The summed E-state index contributed by atoms with van der Waals surface area (Å²) in [5, 5.41) is 2.88. The Balaban J connectivity index is 1.91. The quantitative estimate of drug-likeness (QED) is 0.662. The molecular weight excluding hydrogens is 410 g/mol. The topological polar surface area (TPSA) is 73.2 Å². The number of amides is 1. The third-order valence-corrected chi connectivity index (χ3v) is 6.58. The molecule has 0 radical (unpaired) electrons. The van der Waals surface area contributed by atoms with E-state index in [1.54, 1.807) is 31.1 Å². The molecular formula is C24H25N3O3S. The zero-order chi connectivity index (χ0) is 22.0. The van der Waals surface area contributed by atoms with Gasteiger partial charge in [0.25, 0.3) is 5.91 Å². The fraction of sp³-hybridized carbons (Fsp3) is 0.292. The van der Waals surface area contributed by atoms with Crippen molar-refractivity contribution in [3.8, 4) is 5.69 Å². The normalized spacial score (nSPS) is 16.0. The zero-order valence-corrected chi connectivity index (χ0v) is 18.6. The van der Waals surface area contributed by atoms with Gasteiger partial charge in [-0.25, -0.2) is 0 Å².